The van der Waals surface area contributed by atoms with Crippen molar-refractivity contribution < 1.29 is 8.63 Å². The van der Waals surface area contributed by atoms with Crippen LogP contribution in [0.25, 0.3) is 11.3 Å². The van der Waals surface area contributed by atoms with Crippen molar-refractivity contribution >= 4 is 26.7 Å². The van der Waals surface area contributed by atoms with Crippen LogP contribution >= 0.6 is 15.9 Å². The monoisotopic (exact) mass is 312 g/mol. The zero-order chi connectivity index (χ0) is 12.4. The third-order valence-electron chi connectivity index (χ3n) is 2.23. The first kappa shape index (κ1) is 12.3. The van der Waals surface area contributed by atoms with Crippen molar-refractivity contribution in [1.82, 2.24) is 0 Å². The van der Waals surface area contributed by atoms with Gasteiger partial charge in [0, 0.05) is 11.8 Å². The maximum atomic E-state index is 11.6. The molecule has 1 heterocycles. The SMILES string of the molecule is CS(=O)c1cc(-c2ccccc2)oc(=O)c1Br. The molecule has 0 saturated carbocycles. The highest BCUT2D eigenvalue weighted by molar-refractivity contribution is 9.10. The van der Waals surface area contributed by atoms with Crippen LogP contribution in [-0.4, -0.2) is 10.5 Å². The van der Waals surface area contributed by atoms with E-state index in [9.17, 15) is 9.00 Å². The van der Waals surface area contributed by atoms with Gasteiger partial charge in [0.05, 0.1) is 15.7 Å². The number of halogens is 1. The minimum Gasteiger partial charge on any atom is -0.422 e. The highest BCUT2D eigenvalue weighted by Crippen LogP contribution is 2.24. The Kier molecular flexibility index (Phi) is 3.59. The van der Waals surface area contributed by atoms with Crippen LogP contribution in [0.5, 0.6) is 0 Å². The molecule has 1 unspecified atom stereocenters. The predicted molar refractivity (Wildman–Crippen MR) is 70.4 cm³/mol. The lowest BCUT2D eigenvalue weighted by Crippen LogP contribution is -2.05. The van der Waals surface area contributed by atoms with Gasteiger partial charge in [-0.3, -0.25) is 4.21 Å². The van der Waals surface area contributed by atoms with Crippen LogP contribution in [0.2, 0.25) is 0 Å². The lowest BCUT2D eigenvalue weighted by atomic mass is 10.2. The normalized spacial score (nSPS) is 12.4. The van der Waals surface area contributed by atoms with E-state index < -0.39 is 16.4 Å². The van der Waals surface area contributed by atoms with E-state index in [1.165, 1.54) is 6.26 Å². The summed E-state index contributed by atoms with van der Waals surface area (Å²) < 4.78 is 16.9. The number of hydrogen-bond donors (Lipinski definition) is 0. The van der Waals surface area contributed by atoms with Crippen LogP contribution in [0.15, 0.2) is 55.0 Å². The number of rotatable bonds is 2. The molecule has 17 heavy (non-hydrogen) atoms. The molecule has 0 aliphatic carbocycles. The van der Waals surface area contributed by atoms with Crippen molar-refractivity contribution in [1.29, 1.82) is 0 Å². The molecular formula is C12H9BrO3S. The number of benzene rings is 1. The second-order valence-electron chi connectivity index (χ2n) is 3.40. The molecule has 1 aromatic heterocycles. The first-order valence-corrected chi connectivity index (χ1v) is 7.17. The van der Waals surface area contributed by atoms with Crippen molar-refractivity contribution in [3.63, 3.8) is 0 Å². The molecule has 0 bridgehead atoms. The molecule has 0 fully saturated rings. The minimum absolute atomic E-state index is 0.220. The Balaban J connectivity index is 2.66. The van der Waals surface area contributed by atoms with E-state index in [1.807, 2.05) is 30.3 Å². The van der Waals surface area contributed by atoms with Crippen molar-refractivity contribution in [3.05, 3.63) is 51.3 Å². The van der Waals surface area contributed by atoms with Crippen LogP contribution < -0.4 is 5.63 Å². The van der Waals surface area contributed by atoms with Crippen molar-refractivity contribution in [2.45, 2.75) is 4.90 Å². The summed E-state index contributed by atoms with van der Waals surface area (Å²) in [5, 5.41) is 0. The van der Waals surface area contributed by atoms with Gasteiger partial charge in [0.25, 0.3) is 0 Å². The van der Waals surface area contributed by atoms with E-state index in [2.05, 4.69) is 15.9 Å². The van der Waals surface area contributed by atoms with E-state index in [-0.39, 0.29) is 4.47 Å². The van der Waals surface area contributed by atoms with Crippen molar-refractivity contribution in [2.24, 2.45) is 0 Å². The Morgan fingerprint density at radius 3 is 2.47 bits per heavy atom. The van der Waals surface area contributed by atoms with Crippen molar-refractivity contribution in [2.75, 3.05) is 6.26 Å². The maximum absolute atomic E-state index is 11.6. The standard InChI is InChI=1S/C12H9BrO3S/c1-17(15)10-7-9(16-12(14)11(10)13)8-5-3-2-4-6-8/h2-7H,1H3. The molecule has 0 amide bonds. The molecule has 0 spiro atoms. The van der Waals surface area contributed by atoms with Crippen LogP contribution in [0.4, 0.5) is 0 Å². The van der Waals surface area contributed by atoms with E-state index in [4.69, 9.17) is 4.42 Å². The fourth-order valence-electron chi connectivity index (χ4n) is 1.41. The molecule has 1 atom stereocenters. The van der Waals surface area contributed by atoms with Gasteiger partial charge < -0.3 is 4.42 Å². The van der Waals surface area contributed by atoms with Gasteiger partial charge in [-0.1, -0.05) is 30.3 Å². The van der Waals surface area contributed by atoms with Gasteiger partial charge in [-0.2, -0.15) is 0 Å². The summed E-state index contributed by atoms with van der Waals surface area (Å²) in [5.74, 6) is 0.420. The van der Waals surface area contributed by atoms with E-state index in [1.54, 1.807) is 6.07 Å². The largest absolute Gasteiger partial charge is 0.422 e. The van der Waals surface area contributed by atoms with Gasteiger partial charge >= 0.3 is 5.63 Å². The molecule has 3 nitrogen and oxygen atoms in total. The summed E-state index contributed by atoms with van der Waals surface area (Å²) in [6.45, 7) is 0. The van der Waals surface area contributed by atoms with E-state index in [0.29, 0.717) is 10.7 Å². The third-order valence-corrected chi connectivity index (χ3v) is 4.18. The first-order chi connectivity index (χ1) is 8.09. The summed E-state index contributed by atoms with van der Waals surface area (Å²) >= 11 is 3.09. The molecule has 5 heteroatoms. The molecule has 88 valence electrons. The first-order valence-electron chi connectivity index (χ1n) is 4.82. The van der Waals surface area contributed by atoms with Gasteiger partial charge in [0.1, 0.15) is 10.2 Å². The summed E-state index contributed by atoms with van der Waals surface area (Å²) in [5.41, 5.74) is 0.264. The minimum atomic E-state index is -1.24. The number of hydrogen-bond acceptors (Lipinski definition) is 3. The molecule has 0 radical (unpaired) electrons. The summed E-state index contributed by atoms with van der Waals surface area (Å²) in [6.07, 6.45) is 1.52. The lowest BCUT2D eigenvalue weighted by Gasteiger charge is -2.03. The molecule has 0 saturated heterocycles. The second kappa shape index (κ2) is 4.98. The molecule has 2 rings (SSSR count). The van der Waals surface area contributed by atoms with E-state index >= 15 is 0 Å². The highest BCUT2D eigenvalue weighted by Gasteiger charge is 2.13. The van der Waals surface area contributed by atoms with Gasteiger partial charge in [-0.25, -0.2) is 4.79 Å². The van der Waals surface area contributed by atoms with Crippen LogP contribution in [0, 0.1) is 0 Å². The third kappa shape index (κ3) is 2.56. The fraction of sp³-hybridized carbons (Fsp3) is 0.0833. The zero-order valence-electron chi connectivity index (χ0n) is 8.98. The maximum Gasteiger partial charge on any atom is 0.351 e. The molecule has 0 aliphatic heterocycles. The molecule has 2 aromatic rings. The van der Waals surface area contributed by atoms with Gasteiger partial charge in [-0.15, -0.1) is 0 Å². The average molecular weight is 313 g/mol. The zero-order valence-corrected chi connectivity index (χ0v) is 11.4. The van der Waals surface area contributed by atoms with Crippen LogP contribution in [0.1, 0.15) is 0 Å². The van der Waals surface area contributed by atoms with Gasteiger partial charge in [0.15, 0.2) is 0 Å². The quantitative estimate of drug-likeness (QED) is 0.856. The van der Waals surface area contributed by atoms with Crippen molar-refractivity contribution in [3.8, 4) is 11.3 Å². The lowest BCUT2D eigenvalue weighted by molar-refractivity contribution is 0.515. The smallest absolute Gasteiger partial charge is 0.351 e. The molecule has 1 aromatic carbocycles. The Morgan fingerprint density at radius 2 is 1.88 bits per heavy atom. The summed E-state index contributed by atoms with van der Waals surface area (Å²) in [4.78, 5) is 12.0. The summed E-state index contributed by atoms with van der Waals surface area (Å²) in [7, 11) is -1.24. The Bertz CT molecular complexity index is 619. The fourth-order valence-corrected chi connectivity index (χ4v) is 2.90. The molecule has 0 aliphatic rings. The molecule has 0 N–H and O–H groups in total. The topological polar surface area (TPSA) is 47.3 Å². The van der Waals surface area contributed by atoms with Crippen LogP contribution in [-0.2, 0) is 10.8 Å². The average Bonchev–Trinajstić information content (AvgIpc) is 2.33. The van der Waals surface area contributed by atoms with E-state index in [0.717, 1.165) is 5.56 Å². The van der Waals surface area contributed by atoms with Gasteiger partial charge in [0.2, 0.25) is 0 Å². The highest BCUT2D eigenvalue weighted by atomic mass is 79.9. The Labute approximate surface area is 109 Å². The summed E-state index contributed by atoms with van der Waals surface area (Å²) in [6, 6.07) is 10.8. The van der Waals surface area contributed by atoms with Crippen LogP contribution in [0.3, 0.4) is 0 Å². The van der Waals surface area contributed by atoms with Gasteiger partial charge in [-0.05, 0) is 22.0 Å². The second-order valence-corrected chi connectivity index (χ2v) is 5.54. The Hall–Kier alpha value is -1.20. The molecular weight excluding hydrogens is 304 g/mol. The predicted octanol–water partition coefficient (Wildman–Crippen LogP) is 2.81. The Morgan fingerprint density at radius 1 is 1.24 bits per heavy atom.